The van der Waals surface area contributed by atoms with Gasteiger partial charge >= 0.3 is 0 Å². The minimum Gasteiger partial charge on any atom is -0.316 e. The van der Waals surface area contributed by atoms with Crippen molar-refractivity contribution in [2.45, 2.75) is 64.3 Å². The molecule has 0 amide bonds. The summed E-state index contributed by atoms with van der Waals surface area (Å²) in [5.74, 6) is 0. The van der Waals surface area contributed by atoms with Gasteiger partial charge in [-0.15, -0.1) is 0 Å². The number of hydrogen-bond donors (Lipinski definition) is 1. The largest absolute Gasteiger partial charge is 0.316 e. The molecule has 1 N–H and O–H groups in total. The predicted octanol–water partition coefficient (Wildman–Crippen LogP) is 2.72. The van der Waals surface area contributed by atoms with Gasteiger partial charge in [-0.2, -0.15) is 0 Å². The van der Waals surface area contributed by atoms with E-state index < -0.39 is 0 Å². The first-order valence-electron chi connectivity index (χ1n) is 9.48. The fourth-order valence-electron chi connectivity index (χ4n) is 5.02. The summed E-state index contributed by atoms with van der Waals surface area (Å²) >= 11 is 0. The van der Waals surface area contributed by atoms with Crippen LogP contribution in [-0.4, -0.2) is 61.7 Å². The van der Waals surface area contributed by atoms with Crippen molar-refractivity contribution in [3.63, 3.8) is 0 Å². The molecule has 21 heavy (non-hydrogen) atoms. The van der Waals surface area contributed by atoms with Crippen LogP contribution in [0.15, 0.2) is 0 Å². The molecular formula is C18H35N3. The van der Waals surface area contributed by atoms with Crippen molar-refractivity contribution >= 4 is 0 Å². The SMILES string of the molecule is CCCC1(CN2CCN(C3CCCC3)CC2)CCCNC1. The molecule has 3 rings (SSSR count). The standard InChI is InChI=1S/C18H35N3/c1-2-8-18(9-5-10-19-15-18)16-20-11-13-21(14-12-20)17-6-3-4-7-17/h17,19H,2-16H2,1H3. The molecule has 3 aliphatic rings. The summed E-state index contributed by atoms with van der Waals surface area (Å²) in [6.45, 7) is 11.4. The summed E-state index contributed by atoms with van der Waals surface area (Å²) in [6.07, 6.45) is 11.4. The Morgan fingerprint density at radius 3 is 2.43 bits per heavy atom. The summed E-state index contributed by atoms with van der Waals surface area (Å²) in [7, 11) is 0. The fourth-order valence-corrected chi connectivity index (χ4v) is 5.02. The Hall–Kier alpha value is -0.120. The molecule has 2 heterocycles. The minimum absolute atomic E-state index is 0.572. The highest BCUT2D eigenvalue weighted by Crippen LogP contribution is 2.33. The van der Waals surface area contributed by atoms with Crippen molar-refractivity contribution in [2.24, 2.45) is 5.41 Å². The van der Waals surface area contributed by atoms with E-state index in [2.05, 4.69) is 22.0 Å². The van der Waals surface area contributed by atoms with Crippen molar-refractivity contribution in [3.8, 4) is 0 Å². The normalized spacial score (nSPS) is 33.6. The number of piperidine rings is 1. The van der Waals surface area contributed by atoms with E-state index in [9.17, 15) is 0 Å². The number of rotatable bonds is 5. The van der Waals surface area contributed by atoms with Crippen molar-refractivity contribution in [1.29, 1.82) is 0 Å². The van der Waals surface area contributed by atoms with Gasteiger partial charge in [0.05, 0.1) is 0 Å². The van der Waals surface area contributed by atoms with E-state index in [1.807, 2.05) is 0 Å². The quantitative estimate of drug-likeness (QED) is 0.841. The maximum absolute atomic E-state index is 3.67. The Bertz CT molecular complexity index is 292. The first-order valence-corrected chi connectivity index (χ1v) is 9.48. The molecule has 0 radical (unpaired) electrons. The van der Waals surface area contributed by atoms with Gasteiger partial charge in [0.25, 0.3) is 0 Å². The van der Waals surface area contributed by atoms with Gasteiger partial charge in [0.2, 0.25) is 0 Å². The van der Waals surface area contributed by atoms with Crippen LogP contribution >= 0.6 is 0 Å². The molecule has 0 aromatic heterocycles. The minimum atomic E-state index is 0.572. The van der Waals surface area contributed by atoms with Gasteiger partial charge in [0, 0.05) is 45.3 Å². The molecule has 2 saturated heterocycles. The third-order valence-corrected chi connectivity index (χ3v) is 6.15. The van der Waals surface area contributed by atoms with Gasteiger partial charge in [-0.05, 0) is 44.1 Å². The summed E-state index contributed by atoms with van der Waals surface area (Å²) < 4.78 is 0. The lowest BCUT2D eigenvalue weighted by Crippen LogP contribution is -2.54. The highest BCUT2D eigenvalue weighted by molar-refractivity contribution is 4.90. The van der Waals surface area contributed by atoms with Crippen LogP contribution in [0.5, 0.6) is 0 Å². The summed E-state index contributed by atoms with van der Waals surface area (Å²) in [6, 6.07) is 0.924. The Balaban J connectivity index is 1.48. The Kier molecular flexibility index (Phi) is 5.58. The van der Waals surface area contributed by atoms with Gasteiger partial charge in [-0.25, -0.2) is 0 Å². The van der Waals surface area contributed by atoms with Crippen molar-refractivity contribution in [2.75, 3.05) is 45.8 Å². The predicted molar refractivity (Wildman–Crippen MR) is 89.7 cm³/mol. The van der Waals surface area contributed by atoms with E-state index in [1.165, 1.54) is 97.2 Å². The molecular weight excluding hydrogens is 258 g/mol. The van der Waals surface area contributed by atoms with E-state index in [0.717, 1.165) is 6.04 Å². The Morgan fingerprint density at radius 2 is 1.81 bits per heavy atom. The fraction of sp³-hybridized carbons (Fsp3) is 1.00. The lowest BCUT2D eigenvalue weighted by atomic mass is 9.76. The monoisotopic (exact) mass is 293 g/mol. The third-order valence-electron chi connectivity index (χ3n) is 6.15. The molecule has 2 aliphatic heterocycles. The van der Waals surface area contributed by atoms with Crippen LogP contribution in [-0.2, 0) is 0 Å². The van der Waals surface area contributed by atoms with Crippen LogP contribution in [0.4, 0.5) is 0 Å². The maximum Gasteiger partial charge on any atom is 0.0113 e. The van der Waals surface area contributed by atoms with Gasteiger partial charge in [0.15, 0.2) is 0 Å². The Morgan fingerprint density at radius 1 is 1.05 bits per heavy atom. The highest BCUT2D eigenvalue weighted by Gasteiger charge is 2.34. The van der Waals surface area contributed by atoms with Gasteiger partial charge in [-0.3, -0.25) is 4.90 Å². The van der Waals surface area contributed by atoms with Gasteiger partial charge in [-0.1, -0.05) is 26.2 Å². The second-order valence-electron chi connectivity index (χ2n) is 7.78. The van der Waals surface area contributed by atoms with Crippen LogP contribution in [0.2, 0.25) is 0 Å². The van der Waals surface area contributed by atoms with Crippen molar-refractivity contribution in [3.05, 3.63) is 0 Å². The first-order chi connectivity index (χ1) is 10.3. The molecule has 3 heteroatoms. The molecule has 0 spiro atoms. The number of nitrogens with one attached hydrogen (secondary N) is 1. The second-order valence-corrected chi connectivity index (χ2v) is 7.78. The van der Waals surface area contributed by atoms with Crippen LogP contribution in [0, 0.1) is 5.41 Å². The second kappa shape index (κ2) is 7.43. The number of piperazine rings is 1. The molecule has 1 saturated carbocycles. The molecule has 0 aromatic rings. The smallest absolute Gasteiger partial charge is 0.0113 e. The van der Waals surface area contributed by atoms with Crippen molar-refractivity contribution in [1.82, 2.24) is 15.1 Å². The summed E-state index contributed by atoms with van der Waals surface area (Å²) in [5, 5.41) is 3.67. The zero-order valence-corrected chi connectivity index (χ0v) is 14.1. The van der Waals surface area contributed by atoms with E-state index in [4.69, 9.17) is 0 Å². The topological polar surface area (TPSA) is 18.5 Å². The zero-order chi connectivity index (χ0) is 14.5. The maximum atomic E-state index is 3.67. The molecule has 0 bridgehead atoms. The number of hydrogen-bond acceptors (Lipinski definition) is 3. The van der Waals surface area contributed by atoms with Gasteiger partial charge in [0.1, 0.15) is 0 Å². The highest BCUT2D eigenvalue weighted by atomic mass is 15.3. The average molecular weight is 293 g/mol. The molecule has 1 atom stereocenters. The Labute approximate surface area is 131 Å². The molecule has 1 unspecified atom stereocenters. The van der Waals surface area contributed by atoms with E-state index in [1.54, 1.807) is 0 Å². The van der Waals surface area contributed by atoms with Crippen LogP contribution in [0.1, 0.15) is 58.3 Å². The first kappa shape index (κ1) is 15.8. The molecule has 3 nitrogen and oxygen atoms in total. The lowest BCUT2D eigenvalue weighted by molar-refractivity contribution is 0.0493. The summed E-state index contributed by atoms with van der Waals surface area (Å²) in [4.78, 5) is 5.56. The average Bonchev–Trinajstić information content (AvgIpc) is 3.03. The van der Waals surface area contributed by atoms with Crippen LogP contribution in [0.25, 0.3) is 0 Å². The molecule has 0 aromatic carbocycles. The van der Waals surface area contributed by atoms with Gasteiger partial charge < -0.3 is 10.2 Å². The van der Waals surface area contributed by atoms with Crippen LogP contribution in [0.3, 0.4) is 0 Å². The van der Waals surface area contributed by atoms with Crippen LogP contribution < -0.4 is 5.32 Å². The number of nitrogens with zero attached hydrogens (tertiary/aromatic N) is 2. The van der Waals surface area contributed by atoms with Crippen molar-refractivity contribution < 1.29 is 0 Å². The molecule has 122 valence electrons. The van der Waals surface area contributed by atoms with E-state index in [-0.39, 0.29) is 0 Å². The van der Waals surface area contributed by atoms with E-state index in [0.29, 0.717) is 5.41 Å². The molecule has 3 fully saturated rings. The lowest BCUT2D eigenvalue weighted by Gasteiger charge is -2.45. The zero-order valence-electron chi connectivity index (χ0n) is 14.1. The molecule has 1 aliphatic carbocycles. The third kappa shape index (κ3) is 4.00. The summed E-state index contributed by atoms with van der Waals surface area (Å²) in [5.41, 5.74) is 0.572. The van der Waals surface area contributed by atoms with E-state index >= 15 is 0 Å².